The minimum Gasteiger partial charge on any atom is -0.384 e. The summed E-state index contributed by atoms with van der Waals surface area (Å²) in [6.07, 6.45) is 2.00. The third-order valence-corrected chi connectivity index (χ3v) is 3.25. The Hall–Kier alpha value is -0.650. The van der Waals surface area contributed by atoms with E-state index in [1.54, 1.807) is 12.0 Å². The molecule has 0 aromatic carbocycles. The van der Waals surface area contributed by atoms with Gasteiger partial charge < -0.3 is 15.4 Å². The van der Waals surface area contributed by atoms with Gasteiger partial charge in [0.05, 0.1) is 13.2 Å². The first kappa shape index (κ1) is 14.4. The number of ether oxygens (including phenoxy) is 1. The number of hydrogen-bond acceptors (Lipinski definition) is 4. The van der Waals surface area contributed by atoms with E-state index in [0.717, 1.165) is 39.1 Å². The summed E-state index contributed by atoms with van der Waals surface area (Å²) in [4.78, 5) is 15.9. The van der Waals surface area contributed by atoms with Gasteiger partial charge in [-0.05, 0) is 31.8 Å². The first-order valence-electron chi connectivity index (χ1n) is 6.32. The first-order valence-corrected chi connectivity index (χ1v) is 6.32. The van der Waals surface area contributed by atoms with E-state index in [1.807, 2.05) is 7.05 Å². The number of rotatable bonds is 7. The van der Waals surface area contributed by atoms with Crippen molar-refractivity contribution in [3.05, 3.63) is 0 Å². The summed E-state index contributed by atoms with van der Waals surface area (Å²) in [6.45, 7) is 4.70. The summed E-state index contributed by atoms with van der Waals surface area (Å²) in [7, 11) is 3.58. The highest BCUT2D eigenvalue weighted by Gasteiger charge is 2.24. The van der Waals surface area contributed by atoms with E-state index >= 15 is 0 Å². The molecule has 0 radical (unpaired) electrons. The van der Waals surface area contributed by atoms with Crippen molar-refractivity contribution in [2.24, 2.45) is 11.7 Å². The van der Waals surface area contributed by atoms with Crippen LogP contribution in [0.15, 0.2) is 0 Å². The Labute approximate surface area is 104 Å². The Balaban J connectivity index is 2.23. The molecule has 1 atom stereocenters. The molecule has 1 saturated heterocycles. The topological polar surface area (TPSA) is 58.8 Å². The molecule has 5 heteroatoms. The monoisotopic (exact) mass is 243 g/mol. The van der Waals surface area contributed by atoms with Crippen LogP contribution in [0, 0.1) is 5.92 Å². The van der Waals surface area contributed by atoms with Gasteiger partial charge >= 0.3 is 0 Å². The van der Waals surface area contributed by atoms with Crippen LogP contribution in [0.4, 0.5) is 0 Å². The molecule has 100 valence electrons. The standard InChI is InChI=1S/C12H25N3O2/c1-14(6-3-5-13)12(16)9-15-7-4-11(8-15)10-17-2/h11H,3-10,13H2,1-2H3. The fourth-order valence-electron chi connectivity index (χ4n) is 2.19. The van der Waals surface area contributed by atoms with Gasteiger partial charge in [-0.2, -0.15) is 0 Å². The van der Waals surface area contributed by atoms with Gasteiger partial charge in [-0.25, -0.2) is 0 Å². The average molecular weight is 243 g/mol. The van der Waals surface area contributed by atoms with Gasteiger partial charge in [0.1, 0.15) is 0 Å². The van der Waals surface area contributed by atoms with Crippen molar-refractivity contribution in [3.63, 3.8) is 0 Å². The molecule has 0 aliphatic carbocycles. The maximum Gasteiger partial charge on any atom is 0.236 e. The summed E-state index contributed by atoms with van der Waals surface area (Å²) >= 11 is 0. The molecule has 2 N–H and O–H groups in total. The van der Waals surface area contributed by atoms with Gasteiger partial charge in [0.2, 0.25) is 5.91 Å². The van der Waals surface area contributed by atoms with E-state index in [4.69, 9.17) is 10.5 Å². The molecular formula is C12H25N3O2. The van der Waals surface area contributed by atoms with Gasteiger partial charge in [0, 0.05) is 27.2 Å². The number of likely N-dealkylation sites (N-methyl/N-ethyl adjacent to an activating group) is 1. The quantitative estimate of drug-likeness (QED) is 0.670. The number of amides is 1. The molecule has 1 aliphatic rings. The van der Waals surface area contributed by atoms with E-state index in [-0.39, 0.29) is 5.91 Å². The van der Waals surface area contributed by atoms with Crippen molar-refractivity contribution in [2.45, 2.75) is 12.8 Å². The lowest BCUT2D eigenvalue weighted by atomic mass is 10.1. The highest BCUT2D eigenvalue weighted by atomic mass is 16.5. The Morgan fingerprint density at radius 3 is 3.00 bits per heavy atom. The Kier molecular flexibility index (Phi) is 6.47. The van der Waals surface area contributed by atoms with Crippen LogP contribution in [-0.4, -0.2) is 69.2 Å². The molecule has 1 fully saturated rings. The lowest BCUT2D eigenvalue weighted by molar-refractivity contribution is -0.130. The second-order valence-electron chi connectivity index (χ2n) is 4.80. The highest BCUT2D eigenvalue weighted by Crippen LogP contribution is 2.15. The molecule has 1 aliphatic heterocycles. The summed E-state index contributed by atoms with van der Waals surface area (Å²) in [5.74, 6) is 0.777. The lowest BCUT2D eigenvalue weighted by Crippen LogP contribution is -2.38. The van der Waals surface area contributed by atoms with Crippen molar-refractivity contribution in [1.82, 2.24) is 9.80 Å². The minimum atomic E-state index is 0.191. The molecule has 1 heterocycles. The summed E-state index contributed by atoms with van der Waals surface area (Å²) < 4.78 is 5.14. The van der Waals surface area contributed by atoms with Crippen LogP contribution in [0.1, 0.15) is 12.8 Å². The van der Waals surface area contributed by atoms with Crippen molar-refractivity contribution in [3.8, 4) is 0 Å². The van der Waals surface area contributed by atoms with E-state index in [2.05, 4.69) is 4.90 Å². The number of hydrogen-bond donors (Lipinski definition) is 1. The van der Waals surface area contributed by atoms with E-state index < -0.39 is 0 Å². The molecule has 0 aromatic heterocycles. The second kappa shape index (κ2) is 7.63. The maximum atomic E-state index is 11.9. The van der Waals surface area contributed by atoms with Crippen LogP contribution < -0.4 is 5.73 Å². The number of methoxy groups -OCH3 is 1. The summed E-state index contributed by atoms with van der Waals surface area (Å²) in [6, 6.07) is 0. The smallest absolute Gasteiger partial charge is 0.236 e. The zero-order valence-corrected chi connectivity index (χ0v) is 11.0. The molecule has 0 saturated carbocycles. The predicted molar refractivity (Wildman–Crippen MR) is 67.7 cm³/mol. The van der Waals surface area contributed by atoms with Crippen LogP contribution in [0.25, 0.3) is 0 Å². The Bertz CT molecular complexity index is 236. The Morgan fingerprint density at radius 2 is 2.35 bits per heavy atom. The maximum absolute atomic E-state index is 11.9. The minimum absolute atomic E-state index is 0.191. The number of carbonyl (C=O) groups is 1. The van der Waals surface area contributed by atoms with Crippen LogP contribution in [-0.2, 0) is 9.53 Å². The SMILES string of the molecule is COCC1CCN(CC(=O)N(C)CCCN)C1. The first-order chi connectivity index (χ1) is 8.17. The van der Waals surface area contributed by atoms with Crippen LogP contribution in [0.3, 0.4) is 0 Å². The number of nitrogens with two attached hydrogens (primary N) is 1. The van der Waals surface area contributed by atoms with Crippen molar-refractivity contribution >= 4 is 5.91 Å². The second-order valence-corrected chi connectivity index (χ2v) is 4.80. The lowest BCUT2D eigenvalue weighted by Gasteiger charge is -2.21. The molecule has 1 rings (SSSR count). The molecule has 5 nitrogen and oxygen atoms in total. The van der Waals surface area contributed by atoms with Crippen LogP contribution in [0.5, 0.6) is 0 Å². The zero-order valence-electron chi connectivity index (χ0n) is 11.0. The van der Waals surface area contributed by atoms with Crippen molar-refractivity contribution in [1.29, 1.82) is 0 Å². The van der Waals surface area contributed by atoms with Crippen molar-refractivity contribution < 1.29 is 9.53 Å². The molecule has 0 aromatic rings. The normalized spacial score (nSPS) is 20.8. The fourth-order valence-corrected chi connectivity index (χ4v) is 2.19. The molecule has 0 bridgehead atoms. The van der Waals surface area contributed by atoms with Gasteiger partial charge in [-0.3, -0.25) is 9.69 Å². The van der Waals surface area contributed by atoms with Crippen LogP contribution >= 0.6 is 0 Å². The fraction of sp³-hybridized carbons (Fsp3) is 0.917. The highest BCUT2D eigenvalue weighted by molar-refractivity contribution is 5.78. The third kappa shape index (κ3) is 5.02. The van der Waals surface area contributed by atoms with Crippen molar-refractivity contribution in [2.75, 3.05) is 53.5 Å². The molecule has 1 unspecified atom stereocenters. The Morgan fingerprint density at radius 1 is 1.59 bits per heavy atom. The largest absolute Gasteiger partial charge is 0.384 e. The van der Waals surface area contributed by atoms with Gasteiger partial charge in [0.15, 0.2) is 0 Å². The average Bonchev–Trinajstić information content (AvgIpc) is 2.74. The van der Waals surface area contributed by atoms with Gasteiger partial charge in [0.25, 0.3) is 0 Å². The van der Waals surface area contributed by atoms with Gasteiger partial charge in [-0.1, -0.05) is 0 Å². The van der Waals surface area contributed by atoms with E-state index in [0.29, 0.717) is 19.0 Å². The number of nitrogens with zero attached hydrogens (tertiary/aromatic N) is 2. The third-order valence-electron chi connectivity index (χ3n) is 3.25. The predicted octanol–water partition coefficient (Wildman–Crippen LogP) is -0.238. The van der Waals surface area contributed by atoms with E-state index in [1.165, 1.54) is 0 Å². The summed E-state index contributed by atoms with van der Waals surface area (Å²) in [5.41, 5.74) is 5.43. The zero-order chi connectivity index (χ0) is 12.7. The van der Waals surface area contributed by atoms with Gasteiger partial charge in [-0.15, -0.1) is 0 Å². The van der Waals surface area contributed by atoms with Crippen LogP contribution in [0.2, 0.25) is 0 Å². The van der Waals surface area contributed by atoms with E-state index in [9.17, 15) is 4.79 Å². The number of likely N-dealkylation sites (tertiary alicyclic amines) is 1. The number of carbonyl (C=O) groups excluding carboxylic acids is 1. The molecule has 1 amide bonds. The summed E-state index contributed by atoms with van der Waals surface area (Å²) in [5, 5.41) is 0. The molecule has 17 heavy (non-hydrogen) atoms. The molecular weight excluding hydrogens is 218 g/mol. The molecule has 0 spiro atoms.